The van der Waals surface area contributed by atoms with Crippen LogP contribution < -0.4 is 0 Å². The topological polar surface area (TPSA) is 17.1 Å². The summed E-state index contributed by atoms with van der Waals surface area (Å²) in [5.41, 5.74) is 0. The molecule has 0 aromatic carbocycles. The molecular weight excluding hydrogens is 131 g/mol. The normalized spacial score (nSPS) is 11.0. The first-order valence-corrected chi connectivity index (χ1v) is 4.56. The SMILES string of the molecule is CC(C)CCCCP=O. The summed E-state index contributed by atoms with van der Waals surface area (Å²) >= 11 is 0. The molecular formula is C7H15OP. The van der Waals surface area contributed by atoms with Gasteiger partial charge in [-0.2, -0.15) is 0 Å². The quantitative estimate of drug-likeness (QED) is 0.430. The third-order valence-electron chi connectivity index (χ3n) is 1.28. The lowest BCUT2D eigenvalue weighted by Crippen LogP contribution is -1.86. The monoisotopic (exact) mass is 146 g/mol. The molecule has 0 aromatic rings. The van der Waals surface area contributed by atoms with E-state index >= 15 is 0 Å². The van der Waals surface area contributed by atoms with Gasteiger partial charge in [-0.05, 0) is 12.3 Å². The van der Waals surface area contributed by atoms with Gasteiger partial charge in [0.2, 0.25) is 0 Å². The lowest BCUT2D eigenvalue weighted by molar-refractivity contribution is 0.547. The Morgan fingerprint density at radius 2 is 2.00 bits per heavy atom. The molecule has 1 nitrogen and oxygen atoms in total. The van der Waals surface area contributed by atoms with Gasteiger partial charge in [-0.25, -0.2) is 0 Å². The van der Waals surface area contributed by atoms with Crippen molar-refractivity contribution in [1.82, 2.24) is 0 Å². The van der Waals surface area contributed by atoms with Gasteiger partial charge in [-0.3, -0.25) is 4.57 Å². The summed E-state index contributed by atoms with van der Waals surface area (Å²) in [6.45, 7) is 4.43. The van der Waals surface area contributed by atoms with Gasteiger partial charge in [0.25, 0.3) is 0 Å². The van der Waals surface area contributed by atoms with Crippen LogP contribution in [0.1, 0.15) is 33.1 Å². The predicted molar refractivity (Wildman–Crippen MR) is 41.2 cm³/mol. The van der Waals surface area contributed by atoms with E-state index in [0.29, 0.717) is 8.46 Å². The lowest BCUT2D eigenvalue weighted by atomic mass is 10.1. The van der Waals surface area contributed by atoms with Gasteiger partial charge in [0.05, 0.1) is 0 Å². The molecule has 0 aromatic heterocycles. The van der Waals surface area contributed by atoms with Gasteiger partial charge in [-0.1, -0.05) is 26.7 Å². The van der Waals surface area contributed by atoms with Crippen LogP contribution in [-0.2, 0) is 4.57 Å². The molecule has 0 unspecified atom stereocenters. The summed E-state index contributed by atoms with van der Waals surface area (Å²) in [4.78, 5) is 0. The molecule has 0 rings (SSSR count). The third-order valence-corrected chi connectivity index (χ3v) is 1.78. The molecule has 0 spiro atoms. The maximum absolute atomic E-state index is 9.95. The van der Waals surface area contributed by atoms with Crippen LogP contribution in [0.2, 0.25) is 0 Å². The zero-order chi connectivity index (χ0) is 7.11. The zero-order valence-electron chi connectivity index (χ0n) is 6.26. The molecule has 0 radical (unpaired) electrons. The van der Waals surface area contributed by atoms with Crippen LogP contribution in [0.3, 0.4) is 0 Å². The Kier molecular flexibility index (Phi) is 6.29. The summed E-state index contributed by atoms with van der Waals surface area (Å²) in [6, 6.07) is 0. The van der Waals surface area contributed by atoms with E-state index in [1.54, 1.807) is 0 Å². The van der Waals surface area contributed by atoms with Crippen molar-refractivity contribution >= 4 is 8.46 Å². The van der Waals surface area contributed by atoms with Gasteiger partial charge in [0.1, 0.15) is 0 Å². The summed E-state index contributed by atoms with van der Waals surface area (Å²) < 4.78 is 9.95. The molecule has 54 valence electrons. The summed E-state index contributed by atoms with van der Waals surface area (Å²) in [5, 5.41) is 0. The van der Waals surface area contributed by atoms with Crippen molar-refractivity contribution in [2.75, 3.05) is 6.16 Å². The first-order chi connectivity index (χ1) is 4.27. The smallest absolute Gasteiger partial charge is 0.155 e. The van der Waals surface area contributed by atoms with E-state index in [4.69, 9.17) is 0 Å². The molecule has 0 saturated heterocycles. The van der Waals surface area contributed by atoms with Crippen molar-refractivity contribution in [2.45, 2.75) is 33.1 Å². The molecule has 0 aliphatic carbocycles. The highest BCUT2D eigenvalue weighted by molar-refractivity contribution is 7.23. The van der Waals surface area contributed by atoms with Crippen LogP contribution in [0.5, 0.6) is 0 Å². The maximum Gasteiger partial charge on any atom is 0.155 e. The molecule has 0 heterocycles. The second-order valence-electron chi connectivity index (χ2n) is 2.74. The molecule has 9 heavy (non-hydrogen) atoms. The Hall–Kier alpha value is 0.100. The fourth-order valence-corrected chi connectivity index (χ4v) is 1.08. The minimum Gasteiger partial charge on any atom is -0.275 e. The number of hydrogen-bond acceptors (Lipinski definition) is 1. The number of hydrogen-bond donors (Lipinski definition) is 0. The molecule has 2 heteroatoms. The standard InChI is InChI=1S/C7H15OP/c1-7(2)5-3-4-6-9-8/h7H,3-6H2,1-2H3. The Morgan fingerprint density at radius 1 is 1.33 bits per heavy atom. The van der Waals surface area contributed by atoms with Gasteiger partial charge in [-0.15, -0.1) is 0 Å². The van der Waals surface area contributed by atoms with Crippen molar-refractivity contribution in [2.24, 2.45) is 5.92 Å². The van der Waals surface area contributed by atoms with Crippen LogP contribution in [0.4, 0.5) is 0 Å². The Labute approximate surface area is 59.0 Å². The van der Waals surface area contributed by atoms with E-state index in [-0.39, 0.29) is 0 Å². The van der Waals surface area contributed by atoms with Gasteiger partial charge in [0, 0.05) is 6.16 Å². The molecule has 0 aliphatic heterocycles. The Bertz CT molecular complexity index is 71.3. The van der Waals surface area contributed by atoms with Crippen LogP contribution in [0.15, 0.2) is 0 Å². The Balaban J connectivity index is 2.82. The summed E-state index contributed by atoms with van der Waals surface area (Å²) in [6.07, 6.45) is 4.46. The third kappa shape index (κ3) is 8.10. The van der Waals surface area contributed by atoms with Crippen molar-refractivity contribution in [3.05, 3.63) is 0 Å². The highest BCUT2D eigenvalue weighted by atomic mass is 31.1. The van der Waals surface area contributed by atoms with E-state index < -0.39 is 0 Å². The first-order valence-electron chi connectivity index (χ1n) is 3.56. The fraction of sp³-hybridized carbons (Fsp3) is 1.00. The molecule has 0 fully saturated rings. The molecule has 0 amide bonds. The van der Waals surface area contributed by atoms with Crippen LogP contribution in [0.25, 0.3) is 0 Å². The average Bonchev–Trinajstić information content (AvgIpc) is 1.80. The van der Waals surface area contributed by atoms with E-state index in [2.05, 4.69) is 13.8 Å². The van der Waals surface area contributed by atoms with Gasteiger partial charge in [0.15, 0.2) is 8.46 Å². The Morgan fingerprint density at radius 3 is 2.44 bits per heavy atom. The largest absolute Gasteiger partial charge is 0.275 e. The molecule has 0 aliphatic rings. The minimum atomic E-state index is 0.307. The van der Waals surface area contributed by atoms with E-state index in [9.17, 15) is 4.57 Å². The molecule has 0 bridgehead atoms. The van der Waals surface area contributed by atoms with Gasteiger partial charge < -0.3 is 0 Å². The maximum atomic E-state index is 9.95. The zero-order valence-corrected chi connectivity index (χ0v) is 7.16. The van der Waals surface area contributed by atoms with Crippen LogP contribution in [-0.4, -0.2) is 6.16 Å². The first kappa shape index (κ1) is 9.10. The van der Waals surface area contributed by atoms with E-state index in [1.807, 2.05) is 0 Å². The second-order valence-corrected chi connectivity index (χ2v) is 3.45. The van der Waals surface area contributed by atoms with Crippen molar-refractivity contribution in [1.29, 1.82) is 0 Å². The van der Waals surface area contributed by atoms with Gasteiger partial charge >= 0.3 is 0 Å². The fourth-order valence-electron chi connectivity index (χ4n) is 0.729. The number of unbranched alkanes of at least 4 members (excludes halogenated alkanes) is 1. The van der Waals surface area contributed by atoms with Crippen molar-refractivity contribution in [3.63, 3.8) is 0 Å². The average molecular weight is 146 g/mol. The lowest BCUT2D eigenvalue weighted by Gasteiger charge is -2.00. The predicted octanol–water partition coefficient (Wildman–Crippen LogP) is 3.10. The molecule has 0 atom stereocenters. The minimum absolute atomic E-state index is 0.307. The van der Waals surface area contributed by atoms with Crippen molar-refractivity contribution < 1.29 is 4.57 Å². The van der Waals surface area contributed by atoms with E-state index in [0.717, 1.165) is 18.5 Å². The summed E-state index contributed by atoms with van der Waals surface area (Å²) in [5.74, 6) is 0.799. The van der Waals surface area contributed by atoms with E-state index in [1.165, 1.54) is 12.8 Å². The van der Waals surface area contributed by atoms with Crippen LogP contribution >= 0.6 is 8.46 Å². The summed E-state index contributed by atoms with van der Waals surface area (Å²) in [7, 11) is 0.307. The molecule has 0 N–H and O–H groups in total. The van der Waals surface area contributed by atoms with Crippen LogP contribution in [0, 0.1) is 5.92 Å². The highest BCUT2D eigenvalue weighted by Gasteiger charge is 1.92. The van der Waals surface area contributed by atoms with Crippen molar-refractivity contribution in [3.8, 4) is 0 Å². The second kappa shape index (κ2) is 6.22. The molecule has 0 saturated carbocycles. The number of rotatable bonds is 5. The highest BCUT2D eigenvalue weighted by Crippen LogP contribution is 2.08.